The van der Waals surface area contributed by atoms with Gasteiger partial charge in [0.25, 0.3) is 0 Å². The predicted molar refractivity (Wildman–Crippen MR) is 253 cm³/mol. The first kappa shape index (κ1) is 48.5. The van der Waals surface area contributed by atoms with Crippen molar-refractivity contribution < 1.29 is 30.3 Å². The lowest BCUT2D eigenvalue weighted by Crippen LogP contribution is -2.09. The number of nitrogens with zero attached hydrogens (tertiary/aromatic N) is 1. The van der Waals surface area contributed by atoms with Gasteiger partial charge in [-0.2, -0.15) is 0 Å². The van der Waals surface area contributed by atoms with Crippen molar-refractivity contribution >= 4 is 53.5 Å². The average molecular weight is 808 g/mol. The summed E-state index contributed by atoms with van der Waals surface area (Å²) in [7, 11) is 1.55. The highest BCUT2D eigenvalue weighted by Crippen LogP contribution is 2.35. The van der Waals surface area contributed by atoms with Gasteiger partial charge in [0.1, 0.15) is 0 Å². The molecule has 0 fully saturated rings. The topological polar surface area (TPSA) is 114 Å². The molecule has 6 aromatic carbocycles. The van der Waals surface area contributed by atoms with Crippen LogP contribution < -0.4 is 4.90 Å². The predicted octanol–water partition coefficient (Wildman–Crippen LogP) is 10.4. The molecule has 7 heteroatoms. The molecule has 0 aliphatic heterocycles. The van der Waals surface area contributed by atoms with Crippen molar-refractivity contribution in [2.75, 3.05) is 51.7 Å². The summed E-state index contributed by atoms with van der Waals surface area (Å²) in [5, 5.41) is 38.4. The molecule has 6 aromatic rings. The molecule has 0 atom stereocenters. The fourth-order valence-corrected chi connectivity index (χ4v) is 5.54. The van der Waals surface area contributed by atoms with Gasteiger partial charge in [-0.15, -0.1) is 0 Å². The highest BCUT2D eigenvalue weighted by atomic mass is 16.5. The summed E-state index contributed by atoms with van der Waals surface area (Å²) in [6.45, 7) is 6.48. The largest absolute Gasteiger partial charge is 0.394 e. The molecule has 0 aliphatic carbocycles. The van der Waals surface area contributed by atoms with E-state index in [1.807, 2.05) is 0 Å². The summed E-state index contributed by atoms with van der Waals surface area (Å²) in [5.74, 6) is 0. The van der Waals surface area contributed by atoms with Gasteiger partial charge in [-0.3, -0.25) is 0 Å². The van der Waals surface area contributed by atoms with Gasteiger partial charge in [0, 0.05) is 24.2 Å². The van der Waals surface area contributed by atoms with Crippen LogP contribution in [0.3, 0.4) is 0 Å². The molecule has 0 aromatic heterocycles. The quantitative estimate of drug-likeness (QED) is 0.0697. The Morgan fingerprint density at radius 1 is 0.383 bits per heavy atom. The lowest BCUT2D eigenvalue weighted by atomic mass is 10.1. The Bertz CT molecular complexity index is 2000. The summed E-state index contributed by atoms with van der Waals surface area (Å²) in [4.78, 5) is 2.32. The summed E-state index contributed by atoms with van der Waals surface area (Å²) in [5.41, 5.74) is 14.3. The zero-order chi connectivity index (χ0) is 43.4. The van der Waals surface area contributed by atoms with E-state index in [0.717, 1.165) is 23.5 Å². The zero-order valence-corrected chi connectivity index (χ0v) is 35.4. The maximum absolute atomic E-state index is 7.94. The van der Waals surface area contributed by atoms with E-state index in [9.17, 15) is 0 Å². The van der Waals surface area contributed by atoms with E-state index >= 15 is 0 Å². The maximum Gasteiger partial charge on any atom is 0.0693 e. The second-order valence-corrected chi connectivity index (χ2v) is 13.6. The lowest BCUT2D eigenvalue weighted by Gasteiger charge is -2.26. The minimum atomic E-state index is -0.125. The number of rotatable bonds is 14. The van der Waals surface area contributed by atoms with Crippen LogP contribution in [0.25, 0.3) is 36.5 Å². The summed E-state index contributed by atoms with van der Waals surface area (Å²) < 4.78 is 4.44. The summed E-state index contributed by atoms with van der Waals surface area (Å²) in [6.07, 6.45) is 14.1. The first-order chi connectivity index (χ1) is 29.3. The van der Waals surface area contributed by atoms with Gasteiger partial charge in [0.05, 0.1) is 39.6 Å². The van der Waals surface area contributed by atoms with Crippen molar-refractivity contribution in [3.63, 3.8) is 0 Å². The van der Waals surface area contributed by atoms with Gasteiger partial charge >= 0.3 is 0 Å². The number of benzene rings is 6. The molecule has 0 saturated heterocycles. The molecule has 6 rings (SSSR count). The molecule has 0 spiro atoms. The zero-order valence-electron chi connectivity index (χ0n) is 35.4. The molecule has 0 unspecified atom stereocenters. The first-order valence-electron chi connectivity index (χ1n) is 20.2. The second kappa shape index (κ2) is 28.5. The van der Waals surface area contributed by atoms with Gasteiger partial charge in [0.15, 0.2) is 0 Å². The highest BCUT2D eigenvalue weighted by molar-refractivity contribution is 5.80. The number of aryl methyl sites for hydroxylation is 3. The number of methoxy groups -OCH3 is 1. The smallest absolute Gasteiger partial charge is 0.0693 e. The SMILES string of the molecule is CCc1ccc(/C=C/c2ccc(N(c3ccc(/C=C/c4ccc(C)cc4)cc3)c3ccc(/C=C/c4ccc(C)cc4)cc3)cc2)cc1.COCCO.OCCO.OCCO. The summed E-state index contributed by atoms with van der Waals surface area (Å²) in [6, 6.07) is 52.3. The third-order valence-corrected chi connectivity index (χ3v) is 8.90. The molecule has 0 amide bonds. The molecule has 0 saturated carbocycles. The third kappa shape index (κ3) is 17.9. The van der Waals surface area contributed by atoms with E-state index in [1.165, 1.54) is 50.1 Å². The van der Waals surface area contributed by atoms with Crippen molar-refractivity contribution in [3.05, 3.63) is 196 Å². The van der Waals surface area contributed by atoms with Crippen molar-refractivity contribution in [2.45, 2.75) is 27.2 Å². The van der Waals surface area contributed by atoms with Gasteiger partial charge < -0.3 is 35.2 Å². The van der Waals surface area contributed by atoms with Crippen LogP contribution in [0.2, 0.25) is 0 Å². The van der Waals surface area contributed by atoms with Crippen LogP contribution in [0, 0.1) is 13.8 Å². The molecule has 7 nitrogen and oxygen atoms in total. The van der Waals surface area contributed by atoms with E-state index in [-0.39, 0.29) is 33.0 Å². The lowest BCUT2D eigenvalue weighted by molar-refractivity contribution is 0.135. The number of anilines is 3. The Labute approximate surface area is 357 Å². The number of hydrogen-bond donors (Lipinski definition) is 5. The van der Waals surface area contributed by atoms with Crippen LogP contribution in [0.4, 0.5) is 17.1 Å². The van der Waals surface area contributed by atoms with Crippen LogP contribution >= 0.6 is 0 Å². The van der Waals surface area contributed by atoms with Crippen LogP contribution in [-0.2, 0) is 11.2 Å². The monoisotopic (exact) mass is 807 g/mol. The molecule has 5 N–H and O–H groups in total. The second-order valence-electron chi connectivity index (χ2n) is 13.6. The first-order valence-corrected chi connectivity index (χ1v) is 20.2. The van der Waals surface area contributed by atoms with Gasteiger partial charge in [-0.1, -0.05) is 164 Å². The van der Waals surface area contributed by atoms with E-state index in [0.29, 0.717) is 6.61 Å². The van der Waals surface area contributed by atoms with Crippen LogP contribution in [0.1, 0.15) is 57.0 Å². The Kier molecular flexibility index (Phi) is 23.0. The van der Waals surface area contributed by atoms with Gasteiger partial charge in [0.2, 0.25) is 0 Å². The number of ether oxygens (including phenoxy) is 1. The van der Waals surface area contributed by atoms with Crippen molar-refractivity contribution in [2.24, 2.45) is 0 Å². The minimum Gasteiger partial charge on any atom is -0.394 e. The number of aliphatic hydroxyl groups is 5. The minimum absolute atomic E-state index is 0.122. The molecule has 60 heavy (non-hydrogen) atoms. The van der Waals surface area contributed by atoms with Gasteiger partial charge in [-0.25, -0.2) is 0 Å². The van der Waals surface area contributed by atoms with Crippen molar-refractivity contribution in [1.82, 2.24) is 0 Å². The fraction of sp³-hybridized carbons (Fsp3) is 0.208. The standard InChI is InChI=1S/C46H41N.C3H8O2.2C2H6O2/c1-4-37-13-15-40(16-14-37)19-22-43-27-33-46(34-28-43)47(44-29-23-41(24-30-44)20-17-38-9-5-35(2)6-10-38)45-31-25-42(26-32-45)21-18-39-11-7-36(3)8-12-39;1-5-3-2-4;2*3-1-2-4/h5-34H,4H2,1-3H3;4H,2-3H2,1H3;2*3-4H,1-2H2/b20-17+,21-18+,22-19+;;;. The maximum atomic E-state index is 7.94. The Hall–Kier alpha value is -5.90. The van der Waals surface area contributed by atoms with E-state index in [2.05, 4.69) is 212 Å². The van der Waals surface area contributed by atoms with Crippen molar-refractivity contribution in [1.29, 1.82) is 0 Å². The normalized spacial score (nSPS) is 10.8. The molecule has 0 aliphatic rings. The molecule has 0 bridgehead atoms. The van der Waals surface area contributed by atoms with E-state index in [1.54, 1.807) is 7.11 Å². The third-order valence-electron chi connectivity index (χ3n) is 8.90. The fourth-order valence-electron chi connectivity index (χ4n) is 5.54. The molecular weight excluding hydrogens is 747 g/mol. The highest BCUT2D eigenvalue weighted by Gasteiger charge is 2.12. The number of aliphatic hydroxyl groups excluding tert-OH is 5. The Morgan fingerprint density at radius 2 is 0.633 bits per heavy atom. The molecule has 0 heterocycles. The van der Waals surface area contributed by atoms with Crippen LogP contribution in [-0.4, -0.2) is 72.3 Å². The Balaban J connectivity index is 0.000000648. The van der Waals surface area contributed by atoms with Crippen LogP contribution in [0.15, 0.2) is 146 Å². The van der Waals surface area contributed by atoms with E-state index < -0.39 is 0 Å². The summed E-state index contributed by atoms with van der Waals surface area (Å²) >= 11 is 0. The number of hydrogen-bond acceptors (Lipinski definition) is 7. The molecule has 314 valence electrons. The van der Waals surface area contributed by atoms with Crippen LogP contribution in [0.5, 0.6) is 0 Å². The molecule has 0 radical (unpaired) electrons. The van der Waals surface area contributed by atoms with Crippen molar-refractivity contribution in [3.8, 4) is 0 Å². The molecular formula is C53H61NO6. The van der Waals surface area contributed by atoms with Gasteiger partial charge in [-0.05, 0) is 95.6 Å². The Morgan fingerprint density at radius 3 is 0.833 bits per heavy atom. The van der Waals surface area contributed by atoms with E-state index in [4.69, 9.17) is 25.5 Å². The average Bonchev–Trinajstić information content (AvgIpc) is 3.30.